The molecule has 0 heterocycles. The first-order valence-electron chi connectivity index (χ1n) is 5.47. The van der Waals surface area contributed by atoms with Crippen LogP contribution in [0.2, 0.25) is 0 Å². The van der Waals surface area contributed by atoms with Gasteiger partial charge in [0.2, 0.25) is 0 Å². The lowest BCUT2D eigenvalue weighted by Gasteiger charge is -2.31. The molecule has 0 spiro atoms. The standard InChI is InChI=1S/C11H22N2O/c1-10(2,3)12-13-11(14-4)8-6-5-7-9-11/h5-9H2,1-4H3. The molecule has 3 nitrogen and oxygen atoms in total. The summed E-state index contributed by atoms with van der Waals surface area (Å²) in [6.07, 6.45) is 5.75. The van der Waals surface area contributed by atoms with Crippen LogP contribution in [0.25, 0.3) is 0 Å². The van der Waals surface area contributed by atoms with Crippen LogP contribution in [-0.2, 0) is 4.74 Å². The number of methoxy groups -OCH3 is 1. The summed E-state index contributed by atoms with van der Waals surface area (Å²) in [6, 6.07) is 0. The van der Waals surface area contributed by atoms with Gasteiger partial charge in [-0.2, -0.15) is 10.2 Å². The van der Waals surface area contributed by atoms with Crippen molar-refractivity contribution in [2.75, 3.05) is 7.11 Å². The molecule has 82 valence electrons. The summed E-state index contributed by atoms with van der Waals surface area (Å²) in [5.74, 6) is 0. The van der Waals surface area contributed by atoms with E-state index in [0.717, 1.165) is 12.8 Å². The highest BCUT2D eigenvalue weighted by atomic mass is 16.5. The van der Waals surface area contributed by atoms with Crippen LogP contribution in [0, 0.1) is 0 Å². The summed E-state index contributed by atoms with van der Waals surface area (Å²) in [5.41, 5.74) is -0.408. The van der Waals surface area contributed by atoms with Crippen molar-refractivity contribution in [1.82, 2.24) is 0 Å². The molecule has 1 rings (SSSR count). The molecule has 1 saturated carbocycles. The number of nitrogens with zero attached hydrogens (tertiary/aromatic N) is 2. The van der Waals surface area contributed by atoms with Gasteiger partial charge in [0.05, 0.1) is 5.54 Å². The molecule has 14 heavy (non-hydrogen) atoms. The van der Waals surface area contributed by atoms with Gasteiger partial charge in [0.15, 0.2) is 5.72 Å². The lowest BCUT2D eigenvalue weighted by molar-refractivity contribution is -0.0392. The molecule has 0 aromatic rings. The van der Waals surface area contributed by atoms with Crippen molar-refractivity contribution in [3.8, 4) is 0 Å². The van der Waals surface area contributed by atoms with Crippen molar-refractivity contribution in [2.24, 2.45) is 10.2 Å². The highest BCUT2D eigenvalue weighted by molar-refractivity contribution is 4.81. The van der Waals surface area contributed by atoms with Crippen LogP contribution in [0.4, 0.5) is 0 Å². The fraction of sp³-hybridized carbons (Fsp3) is 1.00. The van der Waals surface area contributed by atoms with Gasteiger partial charge < -0.3 is 4.74 Å². The fourth-order valence-corrected chi connectivity index (χ4v) is 1.69. The zero-order valence-electron chi connectivity index (χ0n) is 9.84. The summed E-state index contributed by atoms with van der Waals surface area (Å²) in [7, 11) is 1.74. The first kappa shape index (κ1) is 11.6. The quantitative estimate of drug-likeness (QED) is 0.625. The second kappa shape index (κ2) is 4.39. The molecule has 1 fully saturated rings. The second-order valence-electron chi connectivity index (χ2n) is 5.08. The van der Waals surface area contributed by atoms with Crippen molar-refractivity contribution in [3.63, 3.8) is 0 Å². The monoisotopic (exact) mass is 198 g/mol. The van der Waals surface area contributed by atoms with Crippen LogP contribution in [0.15, 0.2) is 10.2 Å². The fourth-order valence-electron chi connectivity index (χ4n) is 1.69. The number of hydrogen-bond acceptors (Lipinski definition) is 3. The Kier molecular flexibility index (Phi) is 3.65. The third kappa shape index (κ3) is 3.37. The lowest BCUT2D eigenvalue weighted by Crippen LogP contribution is -2.31. The summed E-state index contributed by atoms with van der Waals surface area (Å²) in [6.45, 7) is 6.17. The van der Waals surface area contributed by atoms with Crippen molar-refractivity contribution in [2.45, 2.75) is 64.1 Å². The minimum absolute atomic E-state index is 0.0943. The summed E-state index contributed by atoms with van der Waals surface area (Å²) in [5, 5.41) is 8.73. The van der Waals surface area contributed by atoms with Gasteiger partial charge in [-0.25, -0.2) is 0 Å². The van der Waals surface area contributed by atoms with Crippen molar-refractivity contribution in [1.29, 1.82) is 0 Å². The Morgan fingerprint density at radius 2 is 1.64 bits per heavy atom. The average molecular weight is 198 g/mol. The van der Waals surface area contributed by atoms with Gasteiger partial charge in [-0.05, 0) is 46.5 Å². The first-order valence-corrected chi connectivity index (χ1v) is 5.47. The topological polar surface area (TPSA) is 34.0 Å². The highest BCUT2D eigenvalue weighted by Gasteiger charge is 2.32. The molecule has 0 aromatic heterocycles. The molecular weight excluding hydrogens is 176 g/mol. The molecule has 0 aliphatic heterocycles. The van der Waals surface area contributed by atoms with Crippen molar-refractivity contribution in [3.05, 3.63) is 0 Å². The van der Waals surface area contributed by atoms with E-state index in [9.17, 15) is 0 Å². The predicted octanol–water partition coefficient (Wildman–Crippen LogP) is 3.54. The van der Waals surface area contributed by atoms with E-state index in [0.29, 0.717) is 0 Å². The van der Waals surface area contributed by atoms with Gasteiger partial charge in [-0.15, -0.1) is 0 Å². The van der Waals surface area contributed by atoms with Gasteiger partial charge in [0.1, 0.15) is 0 Å². The molecule has 0 bridgehead atoms. The van der Waals surface area contributed by atoms with E-state index in [4.69, 9.17) is 4.74 Å². The maximum atomic E-state index is 5.51. The molecule has 0 saturated heterocycles. The van der Waals surface area contributed by atoms with E-state index in [1.54, 1.807) is 7.11 Å². The molecular formula is C11H22N2O. The Morgan fingerprint density at radius 1 is 1.07 bits per heavy atom. The molecule has 1 aliphatic rings. The largest absolute Gasteiger partial charge is 0.355 e. The number of rotatable bonds is 2. The molecule has 0 unspecified atom stereocenters. The smallest absolute Gasteiger partial charge is 0.178 e. The molecule has 0 aromatic carbocycles. The highest BCUT2D eigenvalue weighted by Crippen LogP contribution is 2.33. The van der Waals surface area contributed by atoms with Crippen LogP contribution in [-0.4, -0.2) is 18.4 Å². The van der Waals surface area contributed by atoms with Crippen LogP contribution < -0.4 is 0 Å². The predicted molar refractivity (Wildman–Crippen MR) is 57.4 cm³/mol. The van der Waals surface area contributed by atoms with Crippen molar-refractivity contribution >= 4 is 0 Å². The molecule has 1 aliphatic carbocycles. The van der Waals surface area contributed by atoms with Gasteiger partial charge in [-0.1, -0.05) is 6.42 Å². The number of ether oxygens (including phenoxy) is 1. The Bertz CT molecular complexity index is 200. The SMILES string of the molecule is COC1(N=NC(C)(C)C)CCCCC1. The minimum atomic E-state index is -0.314. The van der Waals surface area contributed by atoms with Gasteiger partial charge in [-0.3, -0.25) is 0 Å². The molecule has 0 N–H and O–H groups in total. The molecule has 0 atom stereocenters. The third-order valence-electron chi connectivity index (χ3n) is 2.55. The van der Waals surface area contributed by atoms with Gasteiger partial charge in [0, 0.05) is 7.11 Å². The van der Waals surface area contributed by atoms with E-state index in [1.807, 2.05) is 0 Å². The Hall–Kier alpha value is -0.440. The minimum Gasteiger partial charge on any atom is -0.355 e. The van der Waals surface area contributed by atoms with E-state index < -0.39 is 0 Å². The summed E-state index contributed by atoms with van der Waals surface area (Å²) < 4.78 is 5.51. The molecule has 0 radical (unpaired) electrons. The third-order valence-corrected chi connectivity index (χ3v) is 2.55. The van der Waals surface area contributed by atoms with Gasteiger partial charge >= 0.3 is 0 Å². The maximum Gasteiger partial charge on any atom is 0.178 e. The Morgan fingerprint density at radius 3 is 2.07 bits per heavy atom. The Balaban J connectivity index is 2.65. The van der Waals surface area contributed by atoms with Crippen LogP contribution in [0.5, 0.6) is 0 Å². The average Bonchev–Trinajstić information content (AvgIpc) is 2.15. The maximum absolute atomic E-state index is 5.51. The molecule has 0 amide bonds. The summed E-state index contributed by atoms with van der Waals surface area (Å²) >= 11 is 0. The van der Waals surface area contributed by atoms with Crippen LogP contribution in [0.3, 0.4) is 0 Å². The first-order chi connectivity index (χ1) is 6.47. The van der Waals surface area contributed by atoms with Crippen molar-refractivity contribution < 1.29 is 4.74 Å². The molecule has 3 heteroatoms. The lowest BCUT2D eigenvalue weighted by atomic mass is 9.92. The number of hydrogen-bond donors (Lipinski definition) is 0. The number of azo groups is 1. The zero-order valence-corrected chi connectivity index (χ0v) is 9.84. The van der Waals surface area contributed by atoms with Crippen LogP contribution >= 0.6 is 0 Å². The van der Waals surface area contributed by atoms with Gasteiger partial charge in [0.25, 0.3) is 0 Å². The Labute approximate surface area is 86.9 Å². The van der Waals surface area contributed by atoms with Crippen LogP contribution in [0.1, 0.15) is 52.9 Å². The zero-order chi connectivity index (χ0) is 10.7. The van der Waals surface area contributed by atoms with E-state index in [-0.39, 0.29) is 11.3 Å². The van der Waals surface area contributed by atoms with E-state index in [1.165, 1.54) is 19.3 Å². The van der Waals surface area contributed by atoms with E-state index >= 15 is 0 Å². The summed E-state index contributed by atoms with van der Waals surface area (Å²) in [4.78, 5) is 0. The second-order valence-corrected chi connectivity index (χ2v) is 5.08. The normalized spacial score (nSPS) is 22.9. The van der Waals surface area contributed by atoms with E-state index in [2.05, 4.69) is 31.0 Å².